The molecule has 0 amide bonds. The van der Waals surface area contributed by atoms with Gasteiger partial charge < -0.3 is 0 Å². The molecule has 0 radical (unpaired) electrons. The molecule has 3 aromatic carbocycles. The normalized spacial score (nSPS) is 15.3. The number of nitrogens with zero attached hydrogens (tertiary/aromatic N) is 2. The van der Waals surface area contributed by atoms with Crippen molar-refractivity contribution in [2.45, 2.75) is 110 Å². The molecule has 2 heteroatoms. The van der Waals surface area contributed by atoms with Gasteiger partial charge in [-0.3, -0.25) is 0 Å². The number of pyridine rings is 1. The second-order valence-corrected chi connectivity index (χ2v) is 13.9. The maximum atomic E-state index is 4.86. The highest BCUT2D eigenvalue weighted by Gasteiger charge is 2.47. The lowest BCUT2D eigenvalue weighted by Gasteiger charge is -2.36. The molecule has 0 fully saturated rings. The molecule has 0 atom stereocenters. The van der Waals surface area contributed by atoms with E-state index in [4.69, 9.17) is 6.58 Å². The predicted molar refractivity (Wildman–Crippen MR) is 174 cm³/mol. The molecule has 1 aliphatic rings. The second kappa shape index (κ2) is 9.20. The standard InChI is InChI=1S/C38H47N2/c1-10-13-16-22-37(8,9)30-23-32-35-34-26(19-17-20-28(30)34)25(4)38(11-2,12-3)40(35)33-24-29(36(5,6)7)27-18-14-15-21-31(27)39(32)33/h14-15,17-21,23-24H,4,10-13,16,22H2,1-3,5-9H3/q+1. The third-order valence-corrected chi connectivity index (χ3v) is 10.2. The zero-order valence-corrected chi connectivity index (χ0v) is 26.0. The van der Waals surface area contributed by atoms with Crippen LogP contribution >= 0.6 is 0 Å². The number of rotatable bonds is 7. The monoisotopic (exact) mass is 531 g/mol. The Morgan fingerprint density at radius 2 is 1.50 bits per heavy atom. The molecule has 3 heterocycles. The van der Waals surface area contributed by atoms with E-state index in [9.17, 15) is 0 Å². The van der Waals surface area contributed by atoms with Crippen molar-refractivity contribution in [2.24, 2.45) is 0 Å². The Morgan fingerprint density at radius 3 is 2.17 bits per heavy atom. The summed E-state index contributed by atoms with van der Waals surface area (Å²) in [6, 6.07) is 21.1. The van der Waals surface area contributed by atoms with Crippen LogP contribution in [0.3, 0.4) is 0 Å². The van der Waals surface area contributed by atoms with Crippen LogP contribution in [-0.4, -0.2) is 4.40 Å². The van der Waals surface area contributed by atoms with Gasteiger partial charge in [0, 0.05) is 22.4 Å². The molecule has 0 saturated carbocycles. The van der Waals surface area contributed by atoms with E-state index in [0.29, 0.717) is 0 Å². The number of hydrogen-bond acceptors (Lipinski definition) is 0. The molecule has 2 nitrogen and oxygen atoms in total. The number of hydrogen-bond donors (Lipinski definition) is 0. The van der Waals surface area contributed by atoms with E-state index < -0.39 is 0 Å². The maximum absolute atomic E-state index is 4.86. The topological polar surface area (TPSA) is 8.29 Å². The number of fused-ring (bicyclic) bond motifs is 5. The molecule has 6 rings (SSSR count). The van der Waals surface area contributed by atoms with Crippen LogP contribution < -0.4 is 4.57 Å². The molecule has 2 aromatic heterocycles. The lowest BCUT2D eigenvalue weighted by atomic mass is 9.73. The summed E-state index contributed by atoms with van der Waals surface area (Å²) in [7, 11) is 0. The minimum Gasteiger partial charge on any atom is -0.213 e. The Balaban J connectivity index is 1.90. The number of unbranched alkanes of at least 4 members (excludes halogenated alkanes) is 2. The first kappa shape index (κ1) is 27.1. The van der Waals surface area contributed by atoms with Crippen molar-refractivity contribution in [2.75, 3.05) is 0 Å². The molecular formula is C38H47N2+. The van der Waals surface area contributed by atoms with Crippen LogP contribution in [0.15, 0.2) is 61.2 Å². The van der Waals surface area contributed by atoms with Gasteiger partial charge in [-0.2, -0.15) is 4.40 Å². The molecule has 0 spiro atoms. The number of benzene rings is 3. The highest BCUT2D eigenvalue weighted by molar-refractivity contribution is 6.13. The minimum atomic E-state index is -0.163. The number of aromatic nitrogens is 2. The van der Waals surface area contributed by atoms with E-state index in [0.717, 1.165) is 12.8 Å². The molecule has 0 saturated heterocycles. The number of allylic oxidation sites excluding steroid dienone is 1. The fraction of sp³-hybridized carbons (Fsp3) is 0.447. The summed E-state index contributed by atoms with van der Waals surface area (Å²) in [5.74, 6) is 0. The van der Waals surface area contributed by atoms with E-state index >= 15 is 0 Å². The molecule has 0 N–H and O–H groups in total. The molecular weight excluding hydrogens is 484 g/mol. The predicted octanol–water partition coefficient (Wildman–Crippen LogP) is 10.4. The van der Waals surface area contributed by atoms with Gasteiger partial charge in [-0.25, -0.2) is 4.57 Å². The first-order valence-corrected chi connectivity index (χ1v) is 15.6. The van der Waals surface area contributed by atoms with Crippen LogP contribution in [0.1, 0.15) is 111 Å². The third-order valence-electron chi connectivity index (χ3n) is 10.2. The van der Waals surface area contributed by atoms with Gasteiger partial charge in [0.25, 0.3) is 5.65 Å². The average molecular weight is 532 g/mol. The van der Waals surface area contributed by atoms with E-state index in [-0.39, 0.29) is 16.4 Å². The van der Waals surface area contributed by atoms with Crippen LogP contribution in [0.2, 0.25) is 0 Å². The van der Waals surface area contributed by atoms with Crippen molar-refractivity contribution in [1.29, 1.82) is 0 Å². The minimum absolute atomic E-state index is 0.0253. The highest BCUT2D eigenvalue weighted by atomic mass is 15.2. The van der Waals surface area contributed by atoms with Gasteiger partial charge in [-0.15, -0.1) is 0 Å². The summed E-state index contributed by atoms with van der Waals surface area (Å²) in [6.07, 6.45) is 7.02. The van der Waals surface area contributed by atoms with Crippen LogP contribution in [0.25, 0.3) is 43.9 Å². The molecule has 208 valence electrons. The Morgan fingerprint density at radius 1 is 0.800 bits per heavy atom. The van der Waals surface area contributed by atoms with Crippen LogP contribution in [0.5, 0.6) is 0 Å². The van der Waals surface area contributed by atoms with Gasteiger partial charge in [0.1, 0.15) is 11.1 Å². The fourth-order valence-corrected chi connectivity index (χ4v) is 7.86. The largest absolute Gasteiger partial charge is 0.288 e. The summed E-state index contributed by atoms with van der Waals surface area (Å²) in [4.78, 5) is 0. The van der Waals surface area contributed by atoms with Gasteiger partial charge in [-0.1, -0.05) is 118 Å². The van der Waals surface area contributed by atoms with Crippen molar-refractivity contribution >= 4 is 43.9 Å². The quantitative estimate of drug-likeness (QED) is 0.146. The van der Waals surface area contributed by atoms with Gasteiger partial charge in [0.15, 0.2) is 11.0 Å². The van der Waals surface area contributed by atoms with Gasteiger partial charge >= 0.3 is 0 Å². The zero-order valence-electron chi connectivity index (χ0n) is 26.0. The van der Waals surface area contributed by atoms with Gasteiger partial charge in [0.2, 0.25) is 0 Å². The molecule has 5 aromatic rings. The third kappa shape index (κ3) is 3.57. The molecule has 40 heavy (non-hydrogen) atoms. The van der Waals surface area contributed by atoms with Gasteiger partial charge in [0.05, 0.1) is 0 Å². The molecule has 0 unspecified atom stereocenters. The van der Waals surface area contributed by atoms with Crippen LogP contribution in [0, 0.1) is 0 Å². The maximum Gasteiger partial charge on any atom is 0.288 e. The Hall–Kier alpha value is -3.13. The summed E-state index contributed by atoms with van der Waals surface area (Å²) < 4.78 is 5.29. The molecule has 0 aliphatic carbocycles. The number of para-hydroxylation sites is 1. The first-order chi connectivity index (χ1) is 19.0. The van der Waals surface area contributed by atoms with Crippen molar-refractivity contribution in [1.82, 2.24) is 4.40 Å². The fourth-order valence-electron chi connectivity index (χ4n) is 7.86. The zero-order chi connectivity index (χ0) is 28.6. The van der Waals surface area contributed by atoms with E-state index in [1.807, 2.05) is 0 Å². The average Bonchev–Trinajstić information content (AvgIpc) is 3.27. The molecule has 0 bridgehead atoms. The lowest BCUT2D eigenvalue weighted by molar-refractivity contribution is -0.703. The Kier molecular flexibility index (Phi) is 6.22. The lowest BCUT2D eigenvalue weighted by Crippen LogP contribution is -2.57. The summed E-state index contributed by atoms with van der Waals surface area (Å²) in [6.45, 7) is 23.8. The summed E-state index contributed by atoms with van der Waals surface area (Å²) >= 11 is 0. The SMILES string of the molecule is C=C1c2cccc3c(C(C)(C)CCCCC)cc4c(c23)[n+](c2cc(C(C)(C)C)c3ccccc3n42)C1(CC)CC. The smallest absolute Gasteiger partial charge is 0.213 e. The van der Waals surface area contributed by atoms with Crippen molar-refractivity contribution in [3.63, 3.8) is 0 Å². The van der Waals surface area contributed by atoms with Crippen LogP contribution in [0.4, 0.5) is 0 Å². The van der Waals surface area contributed by atoms with E-state index in [1.54, 1.807) is 0 Å². The summed E-state index contributed by atoms with van der Waals surface area (Å²) in [5.41, 5.74) is 10.7. The van der Waals surface area contributed by atoms with E-state index in [2.05, 4.69) is 119 Å². The van der Waals surface area contributed by atoms with E-state index in [1.165, 1.54) is 86.3 Å². The highest BCUT2D eigenvalue weighted by Crippen LogP contribution is 2.49. The Bertz CT molecular complexity index is 1800. The van der Waals surface area contributed by atoms with Crippen molar-refractivity contribution in [3.8, 4) is 0 Å². The van der Waals surface area contributed by atoms with Crippen molar-refractivity contribution < 1.29 is 4.57 Å². The van der Waals surface area contributed by atoms with Crippen LogP contribution in [-0.2, 0) is 16.4 Å². The Labute approximate surface area is 240 Å². The second-order valence-electron chi connectivity index (χ2n) is 13.9. The first-order valence-electron chi connectivity index (χ1n) is 15.6. The van der Waals surface area contributed by atoms with Gasteiger partial charge in [-0.05, 0) is 64.3 Å². The summed E-state index contributed by atoms with van der Waals surface area (Å²) in [5, 5.41) is 4.14. The number of imidazole rings is 1. The molecule has 1 aliphatic heterocycles. The van der Waals surface area contributed by atoms with Crippen molar-refractivity contribution in [3.05, 3.63) is 77.9 Å².